The number of carbonyl (C=O) groups is 2. The van der Waals surface area contributed by atoms with Crippen molar-refractivity contribution in [2.24, 2.45) is 0 Å². The lowest BCUT2D eigenvalue weighted by Crippen LogP contribution is -2.23. The number of hydrogen-bond acceptors (Lipinski definition) is 3. The van der Waals surface area contributed by atoms with Crippen LogP contribution in [0.15, 0.2) is 42.5 Å². The molecule has 0 bridgehead atoms. The van der Waals surface area contributed by atoms with E-state index in [-0.39, 0.29) is 11.8 Å². The molecule has 0 aliphatic heterocycles. The maximum atomic E-state index is 12.0. The fraction of sp³-hybridized carbons (Fsp3) is 0.263. The molecule has 0 unspecified atom stereocenters. The monoisotopic (exact) mass is 330 g/mol. The van der Waals surface area contributed by atoms with Crippen molar-refractivity contribution in [1.29, 1.82) is 0 Å². The summed E-state index contributed by atoms with van der Waals surface area (Å²) in [5.41, 5.74) is 2.10. The number of carbonyl (C=O) groups excluding carboxylic acids is 2. The summed E-state index contributed by atoms with van der Waals surface area (Å²) < 4.78 is 5.34. The minimum absolute atomic E-state index is 0.0344. The van der Waals surface area contributed by atoms with Gasteiger partial charge in [-0.25, -0.2) is 4.79 Å². The summed E-state index contributed by atoms with van der Waals surface area (Å²) in [7, 11) is 0. The quantitative estimate of drug-likeness (QED) is 0.576. The van der Waals surface area contributed by atoms with Crippen LogP contribution in [0.25, 0.3) is 11.1 Å². The van der Waals surface area contributed by atoms with Gasteiger partial charge in [-0.05, 0) is 69.2 Å². The van der Waals surface area contributed by atoms with Crippen molar-refractivity contribution in [2.45, 2.75) is 33.3 Å². The lowest BCUT2D eigenvalue weighted by atomic mass is 9.97. The van der Waals surface area contributed by atoms with Crippen LogP contribution < -0.4 is 0 Å². The van der Waals surface area contributed by atoms with Crippen molar-refractivity contribution in [3.63, 3.8) is 0 Å². The van der Waals surface area contributed by atoms with Gasteiger partial charge in [-0.1, -0.05) is 23.7 Å². The number of benzene rings is 2. The second-order valence-electron chi connectivity index (χ2n) is 6.33. The molecule has 0 fully saturated rings. The Balaban J connectivity index is 2.35. The predicted molar refractivity (Wildman–Crippen MR) is 92.1 cm³/mol. The van der Waals surface area contributed by atoms with Crippen molar-refractivity contribution >= 4 is 23.4 Å². The Kier molecular flexibility index (Phi) is 4.90. The molecule has 3 nitrogen and oxygen atoms in total. The molecule has 0 spiro atoms. The van der Waals surface area contributed by atoms with Crippen molar-refractivity contribution in [2.75, 3.05) is 0 Å². The van der Waals surface area contributed by atoms with E-state index in [2.05, 4.69) is 0 Å². The molecule has 23 heavy (non-hydrogen) atoms. The Bertz CT molecular complexity index is 740. The summed E-state index contributed by atoms with van der Waals surface area (Å²) in [6.07, 6.45) is 0. The minimum Gasteiger partial charge on any atom is -0.456 e. The Morgan fingerprint density at radius 2 is 1.61 bits per heavy atom. The molecule has 2 aromatic rings. The largest absolute Gasteiger partial charge is 0.456 e. The van der Waals surface area contributed by atoms with E-state index in [1.807, 2.05) is 20.8 Å². The first-order valence-corrected chi connectivity index (χ1v) is 7.69. The molecule has 0 heterocycles. The van der Waals surface area contributed by atoms with Crippen LogP contribution in [-0.2, 0) is 4.74 Å². The van der Waals surface area contributed by atoms with Gasteiger partial charge in [0.1, 0.15) is 5.60 Å². The lowest BCUT2D eigenvalue weighted by Gasteiger charge is -2.19. The Hall–Kier alpha value is -2.13. The van der Waals surface area contributed by atoms with E-state index in [9.17, 15) is 9.59 Å². The topological polar surface area (TPSA) is 43.4 Å². The highest BCUT2D eigenvalue weighted by molar-refractivity contribution is 6.31. The molecule has 0 N–H and O–H groups in total. The van der Waals surface area contributed by atoms with Gasteiger partial charge in [0.15, 0.2) is 5.78 Å². The van der Waals surface area contributed by atoms with E-state index in [4.69, 9.17) is 16.3 Å². The molecule has 0 radical (unpaired) electrons. The van der Waals surface area contributed by atoms with E-state index in [1.54, 1.807) is 42.5 Å². The van der Waals surface area contributed by atoms with Crippen LogP contribution in [0, 0.1) is 0 Å². The lowest BCUT2D eigenvalue weighted by molar-refractivity contribution is 0.00694. The molecule has 0 amide bonds. The maximum absolute atomic E-state index is 12.0. The molecule has 0 aliphatic rings. The van der Waals surface area contributed by atoms with E-state index in [0.29, 0.717) is 16.1 Å². The normalized spacial score (nSPS) is 11.2. The van der Waals surface area contributed by atoms with E-state index in [0.717, 1.165) is 11.1 Å². The van der Waals surface area contributed by atoms with Gasteiger partial charge in [0.2, 0.25) is 0 Å². The zero-order chi connectivity index (χ0) is 17.2. The minimum atomic E-state index is -0.537. The molecule has 0 aromatic heterocycles. The first-order chi connectivity index (χ1) is 10.7. The molecule has 2 rings (SSSR count). The zero-order valence-corrected chi connectivity index (χ0v) is 14.4. The van der Waals surface area contributed by atoms with Gasteiger partial charge in [-0.15, -0.1) is 0 Å². The van der Waals surface area contributed by atoms with Crippen LogP contribution in [0.4, 0.5) is 0 Å². The van der Waals surface area contributed by atoms with E-state index < -0.39 is 5.60 Å². The average molecular weight is 331 g/mol. The number of Topliss-reactive ketones (excluding diaryl/α,β-unsaturated/α-hetero) is 1. The predicted octanol–water partition coefficient (Wildman–Crippen LogP) is 5.16. The summed E-state index contributed by atoms with van der Waals surface area (Å²) >= 11 is 6.04. The van der Waals surface area contributed by atoms with E-state index >= 15 is 0 Å². The Morgan fingerprint density at radius 1 is 1.00 bits per heavy atom. The van der Waals surface area contributed by atoms with Gasteiger partial charge in [-0.3, -0.25) is 4.79 Å². The first kappa shape index (κ1) is 17.2. The SMILES string of the molecule is CC(=O)c1ccc(Cl)cc1-c1ccc(C(=O)OC(C)(C)C)cc1. The van der Waals surface area contributed by atoms with E-state index in [1.165, 1.54) is 6.92 Å². The van der Waals surface area contributed by atoms with Crippen molar-refractivity contribution in [3.05, 3.63) is 58.6 Å². The Morgan fingerprint density at radius 3 is 2.13 bits per heavy atom. The van der Waals surface area contributed by atoms with Crippen molar-refractivity contribution in [3.8, 4) is 11.1 Å². The van der Waals surface area contributed by atoms with Crippen LogP contribution >= 0.6 is 11.6 Å². The fourth-order valence-electron chi connectivity index (χ4n) is 2.19. The Labute approximate surface area is 141 Å². The fourth-order valence-corrected chi connectivity index (χ4v) is 2.36. The third-order valence-electron chi connectivity index (χ3n) is 3.19. The summed E-state index contributed by atoms with van der Waals surface area (Å²) in [5, 5.41) is 0.557. The summed E-state index contributed by atoms with van der Waals surface area (Å²) in [6, 6.07) is 12.1. The highest BCUT2D eigenvalue weighted by Gasteiger charge is 2.18. The van der Waals surface area contributed by atoms with Gasteiger partial charge < -0.3 is 4.74 Å². The number of ketones is 1. The third-order valence-corrected chi connectivity index (χ3v) is 3.43. The van der Waals surface area contributed by atoms with Gasteiger partial charge in [0, 0.05) is 10.6 Å². The first-order valence-electron chi connectivity index (χ1n) is 7.31. The zero-order valence-electron chi connectivity index (χ0n) is 13.6. The highest BCUT2D eigenvalue weighted by atomic mass is 35.5. The van der Waals surface area contributed by atoms with Crippen molar-refractivity contribution < 1.29 is 14.3 Å². The standard InChI is InChI=1S/C19H19ClO3/c1-12(21)16-10-9-15(20)11-17(16)13-5-7-14(8-6-13)18(22)23-19(2,3)4/h5-11H,1-4H3. The number of esters is 1. The smallest absolute Gasteiger partial charge is 0.338 e. The van der Waals surface area contributed by atoms with Crippen LogP contribution in [-0.4, -0.2) is 17.4 Å². The molecule has 0 saturated heterocycles. The van der Waals surface area contributed by atoms with Gasteiger partial charge >= 0.3 is 5.97 Å². The number of rotatable bonds is 3. The molecule has 4 heteroatoms. The second kappa shape index (κ2) is 6.55. The van der Waals surface area contributed by atoms with Gasteiger partial charge in [0.25, 0.3) is 0 Å². The molecular formula is C19H19ClO3. The summed E-state index contributed by atoms with van der Waals surface area (Å²) in [6.45, 7) is 6.99. The molecular weight excluding hydrogens is 312 g/mol. The van der Waals surface area contributed by atoms with Gasteiger partial charge in [-0.2, -0.15) is 0 Å². The number of ether oxygens (including phenoxy) is 1. The highest BCUT2D eigenvalue weighted by Crippen LogP contribution is 2.28. The summed E-state index contributed by atoms with van der Waals surface area (Å²) in [5.74, 6) is -0.408. The van der Waals surface area contributed by atoms with Gasteiger partial charge in [0.05, 0.1) is 5.56 Å². The molecule has 0 atom stereocenters. The maximum Gasteiger partial charge on any atom is 0.338 e. The molecule has 2 aromatic carbocycles. The molecule has 120 valence electrons. The molecule has 0 aliphatic carbocycles. The second-order valence-corrected chi connectivity index (χ2v) is 6.76. The van der Waals surface area contributed by atoms with Crippen LogP contribution in [0.2, 0.25) is 5.02 Å². The third kappa shape index (κ3) is 4.42. The molecule has 0 saturated carbocycles. The van der Waals surface area contributed by atoms with Crippen LogP contribution in [0.3, 0.4) is 0 Å². The average Bonchev–Trinajstić information content (AvgIpc) is 2.45. The van der Waals surface area contributed by atoms with Crippen LogP contribution in [0.5, 0.6) is 0 Å². The van der Waals surface area contributed by atoms with Crippen LogP contribution in [0.1, 0.15) is 48.4 Å². The number of hydrogen-bond donors (Lipinski definition) is 0. The number of halogens is 1. The van der Waals surface area contributed by atoms with Crippen molar-refractivity contribution in [1.82, 2.24) is 0 Å². The summed E-state index contributed by atoms with van der Waals surface area (Å²) in [4.78, 5) is 23.8.